The minimum atomic E-state index is -0.772. The van der Waals surface area contributed by atoms with E-state index in [9.17, 15) is 19.1 Å². The van der Waals surface area contributed by atoms with Crippen molar-refractivity contribution in [2.24, 2.45) is 0 Å². The van der Waals surface area contributed by atoms with Crippen molar-refractivity contribution in [1.82, 2.24) is 20.6 Å². The molecule has 3 aromatic rings. The Hall–Kier alpha value is -4.00. The number of aromatic amines is 1. The molecule has 1 aliphatic rings. The van der Waals surface area contributed by atoms with Crippen molar-refractivity contribution < 1.29 is 19.0 Å². The topological polar surface area (TPSA) is 116 Å². The number of nitrogens with one attached hydrogen (secondary N) is 3. The first-order valence-electron chi connectivity index (χ1n) is 12.1. The number of benzene rings is 2. The van der Waals surface area contributed by atoms with E-state index >= 15 is 0 Å². The Balaban J connectivity index is 1.44. The van der Waals surface area contributed by atoms with Gasteiger partial charge in [-0.25, -0.2) is 9.37 Å². The number of alkyl halides is 1. The predicted molar refractivity (Wildman–Crippen MR) is 137 cm³/mol. The molecule has 0 saturated carbocycles. The Morgan fingerprint density at radius 3 is 2.51 bits per heavy atom. The van der Waals surface area contributed by atoms with Crippen LogP contribution in [0.3, 0.4) is 0 Å². The predicted octanol–water partition coefficient (Wildman–Crippen LogP) is 2.17. The summed E-state index contributed by atoms with van der Waals surface area (Å²) in [6.45, 7) is 1.53. The number of rotatable bonds is 9. The van der Waals surface area contributed by atoms with Gasteiger partial charge in [0.25, 0.3) is 5.56 Å². The molecule has 2 atom stereocenters. The van der Waals surface area contributed by atoms with Gasteiger partial charge in [-0.1, -0.05) is 36.1 Å². The highest BCUT2D eigenvalue weighted by Crippen LogP contribution is 2.23. The maximum Gasteiger partial charge on any atom is 0.293 e. The third-order valence-electron chi connectivity index (χ3n) is 6.15. The van der Waals surface area contributed by atoms with Crippen molar-refractivity contribution in [3.05, 3.63) is 93.2 Å². The van der Waals surface area contributed by atoms with Gasteiger partial charge in [-0.3, -0.25) is 9.59 Å². The number of hydrogen-bond donors (Lipinski definition) is 4. The Labute approximate surface area is 214 Å². The number of H-pyrrole nitrogens is 1. The highest BCUT2D eigenvalue weighted by atomic mass is 19.1. The minimum absolute atomic E-state index is 0.0200. The van der Waals surface area contributed by atoms with Crippen LogP contribution in [0.15, 0.2) is 59.7 Å². The number of carbonyl (C=O) groups is 1. The smallest absolute Gasteiger partial charge is 0.293 e. The molecular formula is C28H29FN4O4. The number of ether oxygens (including phenoxy) is 1. The number of aromatic hydroxyl groups is 1. The number of hydrogen-bond acceptors (Lipinski definition) is 6. The van der Waals surface area contributed by atoms with Crippen molar-refractivity contribution in [2.45, 2.75) is 31.3 Å². The van der Waals surface area contributed by atoms with Gasteiger partial charge in [0.05, 0.1) is 24.5 Å². The lowest BCUT2D eigenvalue weighted by molar-refractivity contribution is -0.122. The number of amides is 1. The van der Waals surface area contributed by atoms with Crippen LogP contribution < -0.4 is 16.2 Å². The van der Waals surface area contributed by atoms with Crippen molar-refractivity contribution in [2.75, 3.05) is 26.4 Å². The zero-order chi connectivity index (χ0) is 26.0. The average molecular weight is 505 g/mol. The summed E-state index contributed by atoms with van der Waals surface area (Å²) >= 11 is 0. The van der Waals surface area contributed by atoms with Gasteiger partial charge in [-0.2, -0.15) is 0 Å². The zero-order valence-electron chi connectivity index (χ0n) is 20.3. The lowest BCUT2D eigenvalue weighted by Gasteiger charge is -2.17. The van der Waals surface area contributed by atoms with Crippen LogP contribution in [-0.2, 0) is 22.5 Å². The van der Waals surface area contributed by atoms with E-state index < -0.39 is 29.8 Å². The molecule has 0 bridgehead atoms. The average Bonchev–Trinajstić information content (AvgIpc) is 3.45. The van der Waals surface area contributed by atoms with Crippen LogP contribution in [0.25, 0.3) is 0 Å². The molecule has 4 N–H and O–H groups in total. The van der Waals surface area contributed by atoms with Gasteiger partial charge in [0, 0.05) is 43.3 Å². The van der Waals surface area contributed by atoms with Crippen LogP contribution in [0.4, 0.5) is 4.39 Å². The fourth-order valence-corrected chi connectivity index (χ4v) is 4.03. The summed E-state index contributed by atoms with van der Waals surface area (Å²) in [7, 11) is 0. The molecule has 1 amide bonds. The third kappa shape index (κ3) is 7.26. The zero-order valence-corrected chi connectivity index (χ0v) is 20.3. The summed E-state index contributed by atoms with van der Waals surface area (Å²) in [6.07, 6.45) is 2.19. The lowest BCUT2D eigenvalue weighted by atomic mass is 9.92. The van der Waals surface area contributed by atoms with E-state index in [1.54, 1.807) is 24.3 Å². The molecule has 37 heavy (non-hydrogen) atoms. The van der Waals surface area contributed by atoms with Gasteiger partial charge in [0.1, 0.15) is 6.67 Å². The number of carbonyl (C=O) groups excluding carboxylic acids is 1. The Morgan fingerprint density at radius 1 is 1.16 bits per heavy atom. The molecule has 0 spiro atoms. The van der Waals surface area contributed by atoms with Crippen LogP contribution in [0, 0.1) is 11.8 Å². The van der Waals surface area contributed by atoms with E-state index in [-0.39, 0.29) is 18.7 Å². The van der Waals surface area contributed by atoms with Crippen LogP contribution in [0.5, 0.6) is 5.75 Å². The Morgan fingerprint density at radius 2 is 1.86 bits per heavy atom. The highest BCUT2D eigenvalue weighted by Gasteiger charge is 2.24. The van der Waals surface area contributed by atoms with Crippen LogP contribution >= 0.6 is 0 Å². The third-order valence-corrected chi connectivity index (χ3v) is 6.15. The first-order chi connectivity index (χ1) is 18.0. The summed E-state index contributed by atoms with van der Waals surface area (Å²) in [5, 5.41) is 16.1. The standard InChI is InChI=1S/C28H29FN4O4/c29-12-13-30-27(35)24(15-25-26(34)28(36)33-18-32-25)22-9-7-20(8-10-22)2-1-19-3-5-21(6-4-19)16-31-23-11-14-37-17-23/h3-10,18,23-24,31,34H,11-17H2,(H,30,35)(H,32,33,36). The first kappa shape index (κ1) is 26.1. The van der Waals surface area contributed by atoms with Crippen molar-refractivity contribution in [3.63, 3.8) is 0 Å². The maximum atomic E-state index is 12.7. The maximum absolute atomic E-state index is 12.7. The lowest BCUT2D eigenvalue weighted by Crippen LogP contribution is -2.32. The normalized spacial score (nSPS) is 15.5. The quantitative estimate of drug-likeness (QED) is 0.332. The van der Waals surface area contributed by atoms with Gasteiger partial charge in [0.15, 0.2) is 0 Å². The SMILES string of the molecule is O=C(NCCF)C(Cc1nc[nH]c(=O)c1O)c1ccc(C#Cc2ccc(CNC3CCOC3)cc2)cc1. The second kappa shape index (κ2) is 12.8. The van der Waals surface area contributed by atoms with Crippen molar-refractivity contribution in [3.8, 4) is 17.6 Å². The Bertz CT molecular complexity index is 1310. The van der Waals surface area contributed by atoms with Gasteiger partial charge < -0.3 is 25.5 Å². The van der Waals surface area contributed by atoms with Crippen LogP contribution in [0.2, 0.25) is 0 Å². The molecule has 9 heteroatoms. The molecule has 1 fully saturated rings. The largest absolute Gasteiger partial charge is 0.502 e. The van der Waals surface area contributed by atoms with Gasteiger partial charge in [-0.15, -0.1) is 0 Å². The van der Waals surface area contributed by atoms with E-state index in [1.807, 2.05) is 12.1 Å². The molecule has 192 valence electrons. The molecule has 0 radical (unpaired) electrons. The van der Waals surface area contributed by atoms with Gasteiger partial charge in [-0.05, 0) is 41.8 Å². The second-order valence-electron chi connectivity index (χ2n) is 8.77. The van der Waals surface area contributed by atoms with E-state index in [0.29, 0.717) is 11.6 Å². The second-order valence-corrected chi connectivity index (χ2v) is 8.77. The van der Waals surface area contributed by atoms with E-state index in [4.69, 9.17) is 4.74 Å². The van der Waals surface area contributed by atoms with Gasteiger partial charge in [0.2, 0.25) is 11.7 Å². The van der Waals surface area contributed by atoms with E-state index in [0.717, 1.165) is 37.3 Å². The minimum Gasteiger partial charge on any atom is -0.502 e. The summed E-state index contributed by atoms with van der Waals surface area (Å²) in [5.74, 6) is 4.53. The first-order valence-corrected chi connectivity index (χ1v) is 12.1. The van der Waals surface area contributed by atoms with Crippen molar-refractivity contribution in [1.29, 1.82) is 0 Å². The number of halogens is 1. The molecule has 8 nitrogen and oxygen atoms in total. The molecule has 1 aromatic heterocycles. The molecule has 1 aliphatic heterocycles. The summed E-state index contributed by atoms with van der Waals surface area (Å²) in [5.41, 5.74) is 2.86. The summed E-state index contributed by atoms with van der Waals surface area (Å²) in [6, 6.07) is 15.6. The number of nitrogens with zero attached hydrogens (tertiary/aromatic N) is 1. The summed E-state index contributed by atoms with van der Waals surface area (Å²) < 4.78 is 18.0. The summed E-state index contributed by atoms with van der Waals surface area (Å²) in [4.78, 5) is 30.7. The molecular weight excluding hydrogens is 475 g/mol. The monoisotopic (exact) mass is 504 g/mol. The fraction of sp³-hybridized carbons (Fsp3) is 0.321. The Kier molecular flexibility index (Phi) is 9.03. The van der Waals surface area contributed by atoms with Gasteiger partial charge >= 0.3 is 0 Å². The van der Waals surface area contributed by atoms with Crippen LogP contribution in [-0.4, -0.2) is 53.5 Å². The fourth-order valence-electron chi connectivity index (χ4n) is 4.03. The van der Waals surface area contributed by atoms with Crippen molar-refractivity contribution >= 4 is 5.91 Å². The van der Waals surface area contributed by atoms with E-state index in [1.165, 1.54) is 11.9 Å². The number of aromatic nitrogens is 2. The molecule has 0 aliphatic carbocycles. The molecule has 2 heterocycles. The molecule has 2 aromatic carbocycles. The van der Waals surface area contributed by atoms with E-state index in [2.05, 4.69) is 44.6 Å². The van der Waals surface area contributed by atoms with Crippen LogP contribution in [0.1, 0.15) is 40.3 Å². The molecule has 2 unspecified atom stereocenters. The molecule has 1 saturated heterocycles. The molecule has 4 rings (SSSR count). The highest BCUT2D eigenvalue weighted by molar-refractivity contribution is 5.84.